The van der Waals surface area contributed by atoms with Crippen LogP contribution < -0.4 is 10.0 Å². The quantitative estimate of drug-likeness (QED) is 0.620. The van der Waals surface area contributed by atoms with Gasteiger partial charge in [0, 0.05) is 6.20 Å². The summed E-state index contributed by atoms with van der Waals surface area (Å²) in [5.41, 5.74) is 5.81. The molecule has 0 radical (unpaired) electrons. The van der Waals surface area contributed by atoms with Crippen molar-refractivity contribution in [2.45, 2.75) is 27.7 Å². The van der Waals surface area contributed by atoms with E-state index in [1.807, 2.05) is 39.0 Å². The molecule has 1 atom stereocenters. The minimum absolute atomic E-state index is 0.249. The zero-order valence-electron chi connectivity index (χ0n) is 13.3. The third kappa shape index (κ3) is 4.09. The normalized spacial score (nSPS) is 13.5. The van der Waals surface area contributed by atoms with Crippen LogP contribution in [0.4, 0.5) is 5.82 Å². The largest absolute Gasteiger partial charge is 0.423 e. The average molecular weight is 320 g/mol. The zero-order valence-corrected chi connectivity index (χ0v) is 14.2. The standard InChI is InChI=1S/C16H21N2O3P/c1-5-22(19,20-15-8-6-12(2)7-9-15)21-18-16-14(4)13(3)10-11-17-16/h6-11H,5H2,1-4H3,(H,17,18). The Hall–Kier alpha value is -1.84. The number of hydrogen-bond donors (Lipinski definition) is 1. The van der Waals surface area contributed by atoms with Gasteiger partial charge < -0.3 is 4.52 Å². The van der Waals surface area contributed by atoms with Crippen LogP contribution in [-0.2, 0) is 9.19 Å². The van der Waals surface area contributed by atoms with Gasteiger partial charge in [-0.15, -0.1) is 0 Å². The predicted octanol–water partition coefficient (Wildman–Crippen LogP) is 4.64. The molecule has 22 heavy (non-hydrogen) atoms. The van der Waals surface area contributed by atoms with Crippen LogP contribution in [0, 0.1) is 20.8 Å². The van der Waals surface area contributed by atoms with Crippen molar-refractivity contribution >= 4 is 13.4 Å². The van der Waals surface area contributed by atoms with Crippen LogP contribution in [0.5, 0.6) is 5.75 Å². The molecule has 1 heterocycles. The first-order valence-electron chi connectivity index (χ1n) is 7.15. The molecule has 0 spiro atoms. The Morgan fingerprint density at radius 1 is 1.14 bits per heavy atom. The molecule has 0 aliphatic heterocycles. The molecule has 0 saturated heterocycles. The third-order valence-corrected chi connectivity index (χ3v) is 5.04. The summed E-state index contributed by atoms with van der Waals surface area (Å²) in [6, 6.07) is 9.25. The van der Waals surface area contributed by atoms with Gasteiger partial charge in [-0.2, -0.15) is 4.62 Å². The summed E-state index contributed by atoms with van der Waals surface area (Å²) in [7, 11) is -3.29. The molecule has 2 aromatic rings. The predicted molar refractivity (Wildman–Crippen MR) is 88.4 cm³/mol. The van der Waals surface area contributed by atoms with Gasteiger partial charge in [-0.1, -0.05) is 24.6 Å². The van der Waals surface area contributed by atoms with Gasteiger partial charge >= 0.3 is 7.60 Å². The van der Waals surface area contributed by atoms with Crippen molar-refractivity contribution in [3.05, 3.63) is 53.2 Å². The molecular weight excluding hydrogens is 299 g/mol. The van der Waals surface area contributed by atoms with Crippen LogP contribution >= 0.6 is 7.60 Å². The smallest absolute Gasteiger partial charge is 0.400 e. The maximum absolute atomic E-state index is 12.7. The lowest BCUT2D eigenvalue weighted by molar-refractivity contribution is 0.317. The van der Waals surface area contributed by atoms with E-state index in [-0.39, 0.29) is 6.16 Å². The maximum atomic E-state index is 12.7. The van der Waals surface area contributed by atoms with Crippen LogP contribution in [0.25, 0.3) is 0 Å². The molecule has 6 heteroatoms. The van der Waals surface area contributed by atoms with Gasteiger partial charge in [0.1, 0.15) is 5.75 Å². The van der Waals surface area contributed by atoms with Gasteiger partial charge in [0.25, 0.3) is 0 Å². The van der Waals surface area contributed by atoms with Crippen molar-refractivity contribution in [3.63, 3.8) is 0 Å². The number of pyridine rings is 1. The highest BCUT2D eigenvalue weighted by Crippen LogP contribution is 2.47. The Balaban J connectivity index is 2.09. The highest BCUT2D eigenvalue weighted by molar-refractivity contribution is 7.54. The van der Waals surface area contributed by atoms with Gasteiger partial charge in [-0.05, 0) is 50.1 Å². The fourth-order valence-electron chi connectivity index (χ4n) is 1.76. The lowest BCUT2D eigenvalue weighted by Crippen LogP contribution is -2.08. The molecule has 0 bridgehead atoms. The Labute approximate surface area is 131 Å². The molecule has 0 saturated carbocycles. The summed E-state index contributed by atoms with van der Waals surface area (Å²) < 4.78 is 23.6. The van der Waals surface area contributed by atoms with Crippen LogP contribution in [0.2, 0.25) is 0 Å². The van der Waals surface area contributed by atoms with E-state index in [0.29, 0.717) is 11.6 Å². The molecule has 1 aromatic heterocycles. The summed E-state index contributed by atoms with van der Waals surface area (Å²) in [5.74, 6) is 1.06. The fourth-order valence-corrected chi connectivity index (χ4v) is 2.72. The average Bonchev–Trinajstić information content (AvgIpc) is 2.51. The Kier molecular flexibility index (Phi) is 5.22. The number of nitrogens with zero attached hydrogens (tertiary/aromatic N) is 1. The number of benzene rings is 1. The van der Waals surface area contributed by atoms with Crippen molar-refractivity contribution in [3.8, 4) is 5.75 Å². The van der Waals surface area contributed by atoms with Gasteiger partial charge in [-0.25, -0.2) is 15.0 Å². The number of anilines is 1. The van der Waals surface area contributed by atoms with E-state index in [0.717, 1.165) is 16.7 Å². The van der Waals surface area contributed by atoms with E-state index < -0.39 is 7.60 Å². The zero-order chi connectivity index (χ0) is 16.2. The molecule has 2 rings (SSSR count). The van der Waals surface area contributed by atoms with E-state index >= 15 is 0 Å². The van der Waals surface area contributed by atoms with E-state index in [1.54, 1.807) is 25.3 Å². The molecular formula is C16H21N2O3P. The minimum Gasteiger partial charge on any atom is -0.423 e. The second kappa shape index (κ2) is 6.95. The first kappa shape index (κ1) is 16.5. The van der Waals surface area contributed by atoms with Crippen LogP contribution in [0.15, 0.2) is 36.5 Å². The summed E-state index contributed by atoms with van der Waals surface area (Å²) in [4.78, 5) is 4.18. The van der Waals surface area contributed by atoms with Crippen molar-refractivity contribution in [2.24, 2.45) is 0 Å². The van der Waals surface area contributed by atoms with E-state index in [2.05, 4.69) is 10.5 Å². The fraction of sp³-hybridized carbons (Fsp3) is 0.312. The number of aromatic nitrogens is 1. The summed E-state index contributed by atoms with van der Waals surface area (Å²) in [6.07, 6.45) is 1.92. The Morgan fingerprint density at radius 3 is 2.45 bits per heavy atom. The van der Waals surface area contributed by atoms with E-state index in [4.69, 9.17) is 9.15 Å². The van der Waals surface area contributed by atoms with E-state index in [1.165, 1.54) is 0 Å². The van der Waals surface area contributed by atoms with Gasteiger partial charge in [-0.3, -0.25) is 0 Å². The van der Waals surface area contributed by atoms with Gasteiger partial charge in [0.2, 0.25) is 0 Å². The van der Waals surface area contributed by atoms with Gasteiger partial charge in [0.05, 0.1) is 6.16 Å². The number of aryl methyl sites for hydroxylation is 2. The molecule has 1 aromatic carbocycles. The second-order valence-corrected chi connectivity index (χ2v) is 7.35. The molecule has 0 fully saturated rings. The summed E-state index contributed by atoms with van der Waals surface area (Å²) in [5, 5.41) is 0. The monoisotopic (exact) mass is 320 g/mol. The molecule has 1 unspecified atom stereocenters. The minimum atomic E-state index is -3.29. The van der Waals surface area contributed by atoms with Crippen LogP contribution in [-0.4, -0.2) is 11.1 Å². The lowest BCUT2D eigenvalue weighted by atomic mass is 10.2. The van der Waals surface area contributed by atoms with E-state index in [9.17, 15) is 4.57 Å². The van der Waals surface area contributed by atoms with Crippen molar-refractivity contribution in [1.29, 1.82) is 0 Å². The SMILES string of the molecule is CCP(=O)(ONc1nccc(C)c1C)Oc1ccc(C)cc1. The summed E-state index contributed by atoms with van der Waals surface area (Å²) in [6.45, 7) is 7.64. The molecule has 0 aliphatic carbocycles. The van der Waals surface area contributed by atoms with Crippen molar-refractivity contribution < 1.29 is 13.7 Å². The number of nitrogens with one attached hydrogen (secondary N) is 1. The van der Waals surface area contributed by atoms with Crippen LogP contribution in [0.3, 0.4) is 0 Å². The number of hydrogen-bond acceptors (Lipinski definition) is 5. The molecule has 0 amide bonds. The van der Waals surface area contributed by atoms with Gasteiger partial charge in [0.15, 0.2) is 5.82 Å². The molecule has 118 valence electrons. The second-order valence-electron chi connectivity index (χ2n) is 5.13. The topological polar surface area (TPSA) is 60.5 Å². The number of rotatable bonds is 6. The maximum Gasteiger partial charge on any atom is 0.400 e. The van der Waals surface area contributed by atoms with Crippen molar-refractivity contribution in [2.75, 3.05) is 11.6 Å². The highest BCUT2D eigenvalue weighted by atomic mass is 31.2. The Morgan fingerprint density at radius 2 is 1.82 bits per heavy atom. The molecule has 0 aliphatic rings. The molecule has 1 N–H and O–H groups in total. The summed E-state index contributed by atoms with van der Waals surface area (Å²) >= 11 is 0. The molecule has 5 nitrogen and oxygen atoms in total. The first-order valence-corrected chi connectivity index (χ1v) is 8.88. The third-order valence-electron chi connectivity index (χ3n) is 3.41. The van der Waals surface area contributed by atoms with Crippen molar-refractivity contribution in [1.82, 2.24) is 4.98 Å². The first-order chi connectivity index (χ1) is 10.4. The Bertz CT molecular complexity index is 686. The highest BCUT2D eigenvalue weighted by Gasteiger charge is 2.25. The lowest BCUT2D eigenvalue weighted by Gasteiger charge is -2.19. The van der Waals surface area contributed by atoms with Crippen LogP contribution in [0.1, 0.15) is 23.6 Å².